The highest BCUT2D eigenvalue weighted by Crippen LogP contribution is 2.34. The largest absolute Gasteiger partial charge is 0.495 e. The number of carboxylic acid groups (broad SMARTS) is 1. The molecule has 2 aromatic rings. The van der Waals surface area contributed by atoms with E-state index in [1.54, 1.807) is 13.0 Å². The number of aryl methyl sites for hydroxylation is 2. The van der Waals surface area contributed by atoms with E-state index in [9.17, 15) is 28.4 Å². The Morgan fingerprint density at radius 3 is 2.44 bits per heavy atom. The van der Waals surface area contributed by atoms with Crippen molar-refractivity contribution in [2.75, 3.05) is 18.0 Å². The second-order valence-corrected chi connectivity index (χ2v) is 7.65. The molecule has 0 aliphatic carbocycles. The average molecular weight is 394 g/mol. The van der Waals surface area contributed by atoms with Crippen LogP contribution in [0.3, 0.4) is 0 Å². The molecular weight excluding hydrogens is 376 g/mol. The first-order chi connectivity index (χ1) is 12.6. The Balaban J connectivity index is 2.70. The smallest absolute Gasteiger partial charge is 0.324 e. The van der Waals surface area contributed by atoms with Gasteiger partial charge in [0.1, 0.15) is 12.3 Å². The molecule has 0 fully saturated rings. The van der Waals surface area contributed by atoms with Crippen molar-refractivity contribution in [1.29, 1.82) is 0 Å². The van der Waals surface area contributed by atoms with Gasteiger partial charge in [0.2, 0.25) is 0 Å². The van der Waals surface area contributed by atoms with E-state index in [2.05, 4.69) is 0 Å². The third kappa shape index (κ3) is 4.17. The highest BCUT2D eigenvalue weighted by atomic mass is 32.2. The van der Waals surface area contributed by atoms with Gasteiger partial charge in [-0.15, -0.1) is 0 Å². The molecule has 0 bridgehead atoms. The maximum atomic E-state index is 13.1. The number of carbonyl (C=O) groups is 1. The molecule has 9 nitrogen and oxygen atoms in total. The van der Waals surface area contributed by atoms with Crippen LogP contribution in [-0.4, -0.2) is 38.1 Å². The lowest BCUT2D eigenvalue weighted by Gasteiger charge is -2.25. The first kappa shape index (κ1) is 20.2. The Bertz CT molecular complexity index is 1000. The number of carboxylic acids is 1. The van der Waals surface area contributed by atoms with Crippen molar-refractivity contribution < 1.29 is 28.0 Å². The van der Waals surface area contributed by atoms with Gasteiger partial charge in [-0.2, -0.15) is 0 Å². The van der Waals surface area contributed by atoms with E-state index in [-0.39, 0.29) is 27.6 Å². The highest BCUT2D eigenvalue weighted by molar-refractivity contribution is 7.92. The number of nitro groups is 1. The van der Waals surface area contributed by atoms with Crippen LogP contribution in [-0.2, 0) is 14.8 Å². The van der Waals surface area contributed by atoms with Crippen LogP contribution in [0.25, 0.3) is 0 Å². The Kier molecular flexibility index (Phi) is 5.69. The predicted octanol–water partition coefficient (Wildman–Crippen LogP) is 2.50. The van der Waals surface area contributed by atoms with E-state index in [1.165, 1.54) is 38.3 Å². The van der Waals surface area contributed by atoms with Gasteiger partial charge in [-0.25, -0.2) is 8.42 Å². The molecule has 144 valence electrons. The number of hydrogen-bond donors (Lipinski definition) is 1. The molecule has 0 atom stereocenters. The van der Waals surface area contributed by atoms with Crippen LogP contribution in [0.5, 0.6) is 5.75 Å². The number of methoxy groups -OCH3 is 1. The van der Waals surface area contributed by atoms with Crippen molar-refractivity contribution in [3.05, 3.63) is 57.6 Å². The topological polar surface area (TPSA) is 127 Å². The number of benzene rings is 2. The molecule has 0 aliphatic heterocycles. The Labute approximate surface area is 156 Å². The molecule has 0 unspecified atom stereocenters. The number of sulfonamides is 1. The normalized spacial score (nSPS) is 11.1. The van der Waals surface area contributed by atoms with E-state index in [0.29, 0.717) is 9.87 Å². The minimum Gasteiger partial charge on any atom is -0.495 e. The zero-order valence-electron chi connectivity index (χ0n) is 14.9. The fourth-order valence-corrected chi connectivity index (χ4v) is 3.93. The number of rotatable bonds is 7. The van der Waals surface area contributed by atoms with Crippen LogP contribution < -0.4 is 9.04 Å². The fourth-order valence-electron chi connectivity index (χ4n) is 2.49. The first-order valence-electron chi connectivity index (χ1n) is 7.72. The molecule has 0 spiro atoms. The van der Waals surface area contributed by atoms with Crippen molar-refractivity contribution in [3.8, 4) is 5.75 Å². The van der Waals surface area contributed by atoms with Crippen LogP contribution in [0.1, 0.15) is 11.1 Å². The first-order valence-corrected chi connectivity index (χ1v) is 9.16. The van der Waals surface area contributed by atoms with Crippen molar-refractivity contribution in [2.45, 2.75) is 18.7 Å². The Morgan fingerprint density at radius 1 is 1.22 bits per heavy atom. The van der Waals surface area contributed by atoms with E-state index >= 15 is 0 Å². The van der Waals surface area contributed by atoms with Gasteiger partial charge >= 0.3 is 5.97 Å². The summed E-state index contributed by atoms with van der Waals surface area (Å²) in [6, 6.07) is 8.10. The minimum absolute atomic E-state index is 0.0307. The molecule has 0 saturated carbocycles. The molecule has 2 rings (SSSR count). The lowest BCUT2D eigenvalue weighted by Crippen LogP contribution is -2.36. The van der Waals surface area contributed by atoms with Gasteiger partial charge in [0.05, 0.1) is 22.6 Å². The van der Waals surface area contributed by atoms with Gasteiger partial charge in [0, 0.05) is 11.6 Å². The zero-order chi connectivity index (χ0) is 20.4. The molecular formula is C17H18N2O7S. The third-order valence-corrected chi connectivity index (χ3v) is 5.60. The molecule has 0 radical (unpaired) electrons. The van der Waals surface area contributed by atoms with Crippen LogP contribution in [0.15, 0.2) is 41.3 Å². The number of ether oxygens (including phenoxy) is 1. The number of aliphatic carboxylic acids is 1. The lowest BCUT2D eigenvalue weighted by atomic mass is 10.2. The molecule has 2 aromatic carbocycles. The summed E-state index contributed by atoms with van der Waals surface area (Å²) in [6.07, 6.45) is 0. The van der Waals surface area contributed by atoms with Crippen molar-refractivity contribution >= 4 is 27.4 Å². The zero-order valence-corrected chi connectivity index (χ0v) is 15.7. The summed E-state index contributed by atoms with van der Waals surface area (Å²) in [5.41, 5.74) is 0.633. The molecule has 0 aliphatic rings. The summed E-state index contributed by atoms with van der Waals surface area (Å²) in [6.45, 7) is 2.32. The SMILES string of the molecule is COc1ccc(C)cc1N(CC(=O)O)S(=O)(=O)c1ccc(C)c([N+](=O)[O-])c1. The maximum Gasteiger partial charge on any atom is 0.324 e. The van der Waals surface area contributed by atoms with Gasteiger partial charge in [-0.1, -0.05) is 12.1 Å². The van der Waals surface area contributed by atoms with Crippen LogP contribution >= 0.6 is 0 Å². The van der Waals surface area contributed by atoms with Crippen LogP contribution in [0.4, 0.5) is 11.4 Å². The van der Waals surface area contributed by atoms with Gasteiger partial charge in [0.25, 0.3) is 15.7 Å². The standard InChI is InChI=1S/C17H18N2O7S/c1-11-4-7-16(26-3)15(8-11)18(10-17(20)21)27(24,25)13-6-5-12(2)14(9-13)19(22)23/h4-9H,10H2,1-3H3,(H,20,21). The maximum absolute atomic E-state index is 13.1. The molecule has 1 N–H and O–H groups in total. The molecule has 0 saturated heterocycles. The summed E-state index contributed by atoms with van der Waals surface area (Å²) < 4.78 is 32.1. The Hall–Kier alpha value is -3.14. The fraction of sp³-hybridized carbons (Fsp3) is 0.235. The van der Waals surface area contributed by atoms with Gasteiger partial charge in [0.15, 0.2) is 0 Å². The number of anilines is 1. The summed E-state index contributed by atoms with van der Waals surface area (Å²) >= 11 is 0. The summed E-state index contributed by atoms with van der Waals surface area (Å²) in [7, 11) is -3.07. The van der Waals surface area contributed by atoms with Gasteiger partial charge < -0.3 is 9.84 Å². The number of nitrogens with zero attached hydrogens (tertiary/aromatic N) is 2. The third-order valence-electron chi connectivity index (χ3n) is 3.85. The van der Waals surface area contributed by atoms with Crippen LogP contribution in [0, 0.1) is 24.0 Å². The highest BCUT2D eigenvalue weighted by Gasteiger charge is 2.31. The molecule has 27 heavy (non-hydrogen) atoms. The quantitative estimate of drug-likeness (QED) is 0.564. The van der Waals surface area contributed by atoms with Gasteiger partial charge in [-0.3, -0.25) is 19.2 Å². The molecule has 10 heteroatoms. The van der Waals surface area contributed by atoms with E-state index in [1.807, 2.05) is 0 Å². The monoisotopic (exact) mass is 394 g/mol. The van der Waals surface area contributed by atoms with E-state index < -0.39 is 27.5 Å². The number of nitro benzene ring substituents is 1. The second kappa shape index (κ2) is 7.62. The molecule has 0 heterocycles. The molecule has 0 amide bonds. The van der Waals surface area contributed by atoms with Gasteiger partial charge in [-0.05, 0) is 37.6 Å². The molecule has 0 aromatic heterocycles. The predicted molar refractivity (Wildman–Crippen MR) is 97.7 cm³/mol. The summed E-state index contributed by atoms with van der Waals surface area (Å²) in [5, 5.41) is 20.4. The number of hydrogen-bond acceptors (Lipinski definition) is 6. The van der Waals surface area contributed by atoms with Crippen molar-refractivity contribution in [2.24, 2.45) is 0 Å². The summed E-state index contributed by atoms with van der Waals surface area (Å²) in [5.74, 6) is -1.23. The summed E-state index contributed by atoms with van der Waals surface area (Å²) in [4.78, 5) is 21.4. The van der Waals surface area contributed by atoms with Crippen molar-refractivity contribution in [1.82, 2.24) is 0 Å². The van der Waals surface area contributed by atoms with Crippen LogP contribution in [0.2, 0.25) is 0 Å². The second-order valence-electron chi connectivity index (χ2n) is 5.79. The Morgan fingerprint density at radius 2 is 1.89 bits per heavy atom. The minimum atomic E-state index is -4.40. The van der Waals surface area contributed by atoms with E-state index in [4.69, 9.17) is 4.74 Å². The average Bonchev–Trinajstić information content (AvgIpc) is 2.59. The lowest BCUT2D eigenvalue weighted by molar-refractivity contribution is -0.385. The van der Waals surface area contributed by atoms with Crippen molar-refractivity contribution in [3.63, 3.8) is 0 Å². The van der Waals surface area contributed by atoms with E-state index in [0.717, 1.165) is 6.07 Å².